The van der Waals surface area contributed by atoms with Crippen LogP contribution in [0.3, 0.4) is 0 Å². The third-order valence-electron chi connectivity index (χ3n) is 5.02. The van der Waals surface area contributed by atoms with E-state index in [-0.39, 0.29) is 24.0 Å². The van der Waals surface area contributed by atoms with Crippen LogP contribution in [0.5, 0.6) is 17.4 Å². The van der Waals surface area contributed by atoms with Gasteiger partial charge in [0.2, 0.25) is 5.88 Å². The predicted molar refractivity (Wildman–Crippen MR) is 138 cm³/mol. The van der Waals surface area contributed by atoms with Crippen molar-refractivity contribution in [2.24, 2.45) is 10.9 Å². The van der Waals surface area contributed by atoms with Gasteiger partial charge in [-0.2, -0.15) is 0 Å². The van der Waals surface area contributed by atoms with Crippen molar-refractivity contribution in [3.05, 3.63) is 48.2 Å². The Labute approximate surface area is 208 Å². The van der Waals surface area contributed by atoms with Crippen LogP contribution in [0.4, 0.5) is 0 Å². The van der Waals surface area contributed by atoms with Gasteiger partial charge in [-0.3, -0.25) is 0 Å². The normalized spacial score (nSPS) is 15.7. The highest BCUT2D eigenvalue weighted by Gasteiger charge is 2.19. The van der Waals surface area contributed by atoms with Gasteiger partial charge in [0.05, 0.1) is 19.8 Å². The van der Waals surface area contributed by atoms with Gasteiger partial charge in [0.1, 0.15) is 0 Å². The van der Waals surface area contributed by atoms with E-state index in [2.05, 4.69) is 36.1 Å². The average molecular weight is 554 g/mol. The number of aromatic nitrogens is 1. The zero-order valence-electron chi connectivity index (χ0n) is 19.3. The molecular formula is C24H35IN4O3. The minimum atomic E-state index is 0. The van der Waals surface area contributed by atoms with Gasteiger partial charge in [0.25, 0.3) is 0 Å². The summed E-state index contributed by atoms with van der Waals surface area (Å²) in [6.45, 7) is 8.67. The summed E-state index contributed by atoms with van der Waals surface area (Å²) in [6, 6.07) is 11.6. The molecule has 0 saturated carbocycles. The molecule has 8 heteroatoms. The predicted octanol–water partition coefficient (Wildman–Crippen LogP) is 4.71. The smallest absolute Gasteiger partial charge is 0.224 e. The first-order chi connectivity index (χ1) is 15.2. The fourth-order valence-electron chi connectivity index (χ4n) is 3.44. The lowest BCUT2D eigenvalue weighted by atomic mass is 10.1. The lowest BCUT2D eigenvalue weighted by Crippen LogP contribution is -2.41. The lowest BCUT2D eigenvalue weighted by molar-refractivity contribution is 0.181. The molecule has 32 heavy (non-hydrogen) atoms. The van der Waals surface area contributed by atoms with Crippen LogP contribution in [0.15, 0.2) is 47.6 Å². The highest BCUT2D eigenvalue weighted by Crippen LogP contribution is 2.32. The van der Waals surface area contributed by atoms with Crippen LogP contribution >= 0.6 is 24.0 Å². The quantitative estimate of drug-likeness (QED) is 0.261. The maximum absolute atomic E-state index is 6.14. The van der Waals surface area contributed by atoms with Crippen LogP contribution in [0.2, 0.25) is 0 Å². The van der Waals surface area contributed by atoms with Gasteiger partial charge in [-0.1, -0.05) is 25.1 Å². The van der Waals surface area contributed by atoms with E-state index in [0.29, 0.717) is 30.7 Å². The first-order valence-corrected chi connectivity index (χ1v) is 11.1. The van der Waals surface area contributed by atoms with Gasteiger partial charge in [-0.15, -0.1) is 24.0 Å². The number of hydrogen-bond acceptors (Lipinski definition) is 5. The second-order valence-electron chi connectivity index (χ2n) is 7.65. The Kier molecular flexibility index (Phi) is 11.6. The molecule has 1 aliphatic heterocycles. The molecule has 1 fully saturated rings. The molecule has 0 bridgehead atoms. The molecule has 1 N–H and O–H groups in total. The molecule has 2 aromatic rings. The van der Waals surface area contributed by atoms with Crippen molar-refractivity contribution in [3.63, 3.8) is 0 Å². The largest absolute Gasteiger partial charge is 0.490 e. The number of benzene rings is 1. The van der Waals surface area contributed by atoms with Crippen molar-refractivity contribution in [2.75, 3.05) is 40.0 Å². The van der Waals surface area contributed by atoms with Crippen molar-refractivity contribution >= 4 is 29.9 Å². The zero-order chi connectivity index (χ0) is 21.9. The Morgan fingerprint density at radius 1 is 1.22 bits per heavy atom. The van der Waals surface area contributed by atoms with Gasteiger partial charge < -0.3 is 24.4 Å². The molecule has 0 aliphatic carbocycles. The van der Waals surface area contributed by atoms with E-state index < -0.39 is 0 Å². The summed E-state index contributed by atoms with van der Waals surface area (Å²) < 4.78 is 17.5. The number of para-hydroxylation sites is 2. The molecule has 1 saturated heterocycles. The number of ether oxygens (including phenoxy) is 3. The minimum absolute atomic E-state index is 0. The summed E-state index contributed by atoms with van der Waals surface area (Å²) in [7, 11) is 2.07. The highest BCUT2D eigenvalue weighted by atomic mass is 127. The first kappa shape index (κ1) is 26.2. The topological polar surface area (TPSA) is 68.2 Å². The number of hydrogen-bond donors (Lipinski definition) is 1. The summed E-state index contributed by atoms with van der Waals surface area (Å²) in [5, 5.41) is 3.38. The van der Waals surface area contributed by atoms with E-state index in [4.69, 9.17) is 19.2 Å². The molecular weight excluding hydrogens is 519 g/mol. The molecule has 176 valence electrons. The maximum Gasteiger partial charge on any atom is 0.224 e. The first-order valence-electron chi connectivity index (χ1n) is 11.1. The standard InChI is InChI=1S/C24H34N4O3.HI/c1-4-14-30-21-10-6-7-11-22(21)31-23-20(9-8-13-26-23)16-27-24(25-5-2)28(3)17-19-12-15-29-18-19;/h6-11,13,19H,4-5,12,14-18H2,1-3H3,(H,25,27);1H. The van der Waals surface area contributed by atoms with Gasteiger partial charge in [0, 0.05) is 44.4 Å². The van der Waals surface area contributed by atoms with Gasteiger partial charge >= 0.3 is 0 Å². The molecule has 0 amide bonds. The van der Waals surface area contributed by atoms with Gasteiger partial charge in [0.15, 0.2) is 17.5 Å². The molecule has 1 unspecified atom stereocenters. The maximum atomic E-state index is 6.14. The fraction of sp³-hybridized carbons (Fsp3) is 0.500. The summed E-state index contributed by atoms with van der Waals surface area (Å²) in [5.74, 6) is 3.34. The monoisotopic (exact) mass is 554 g/mol. The summed E-state index contributed by atoms with van der Waals surface area (Å²) in [6.07, 6.45) is 3.77. The van der Waals surface area contributed by atoms with E-state index in [1.807, 2.05) is 36.4 Å². The lowest BCUT2D eigenvalue weighted by Gasteiger charge is -2.24. The second kappa shape index (κ2) is 14.2. The SMILES string of the molecule is CCCOc1ccccc1Oc1ncccc1CN=C(NCC)N(C)CC1CCOC1.I. The highest BCUT2D eigenvalue weighted by molar-refractivity contribution is 14.0. The molecule has 2 heterocycles. The average Bonchev–Trinajstić information content (AvgIpc) is 3.30. The fourth-order valence-corrected chi connectivity index (χ4v) is 3.44. The van der Waals surface area contributed by atoms with Gasteiger partial charge in [-0.05, 0) is 38.0 Å². The number of nitrogens with zero attached hydrogens (tertiary/aromatic N) is 3. The van der Waals surface area contributed by atoms with Crippen molar-refractivity contribution in [2.45, 2.75) is 33.2 Å². The van der Waals surface area contributed by atoms with Crippen molar-refractivity contribution in [3.8, 4) is 17.4 Å². The Morgan fingerprint density at radius 3 is 2.75 bits per heavy atom. The number of halogens is 1. The molecule has 1 aromatic heterocycles. The van der Waals surface area contributed by atoms with Crippen LogP contribution < -0.4 is 14.8 Å². The number of guanidine groups is 1. The van der Waals surface area contributed by atoms with E-state index in [0.717, 1.165) is 56.4 Å². The molecule has 0 radical (unpaired) electrons. The van der Waals surface area contributed by atoms with E-state index in [1.54, 1.807) is 6.20 Å². The van der Waals surface area contributed by atoms with E-state index >= 15 is 0 Å². The number of rotatable bonds is 10. The number of nitrogens with one attached hydrogen (secondary N) is 1. The summed E-state index contributed by atoms with van der Waals surface area (Å²) in [4.78, 5) is 11.5. The summed E-state index contributed by atoms with van der Waals surface area (Å²) >= 11 is 0. The van der Waals surface area contributed by atoms with E-state index in [1.165, 1.54) is 0 Å². The zero-order valence-corrected chi connectivity index (χ0v) is 21.6. The summed E-state index contributed by atoms with van der Waals surface area (Å²) in [5.41, 5.74) is 0.917. The number of aliphatic imine (C=N–C) groups is 1. The molecule has 3 rings (SSSR count). The molecule has 1 aliphatic rings. The minimum Gasteiger partial charge on any atom is -0.490 e. The van der Waals surface area contributed by atoms with Gasteiger partial charge in [-0.25, -0.2) is 9.98 Å². The van der Waals surface area contributed by atoms with Crippen LogP contribution in [-0.4, -0.2) is 55.8 Å². The number of pyridine rings is 1. The Hall–Kier alpha value is -2.07. The van der Waals surface area contributed by atoms with Crippen LogP contribution in [-0.2, 0) is 11.3 Å². The molecule has 1 aromatic carbocycles. The molecule has 7 nitrogen and oxygen atoms in total. The van der Waals surface area contributed by atoms with Crippen molar-refractivity contribution < 1.29 is 14.2 Å². The van der Waals surface area contributed by atoms with Crippen LogP contribution in [0.25, 0.3) is 0 Å². The third-order valence-corrected chi connectivity index (χ3v) is 5.02. The Morgan fingerprint density at radius 2 is 2.03 bits per heavy atom. The van der Waals surface area contributed by atoms with Crippen LogP contribution in [0.1, 0.15) is 32.3 Å². The Bertz CT molecular complexity index is 843. The van der Waals surface area contributed by atoms with Crippen LogP contribution in [0, 0.1) is 5.92 Å². The third kappa shape index (κ3) is 7.81. The Balaban J connectivity index is 0.00000363. The van der Waals surface area contributed by atoms with Crippen molar-refractivity contribution in [1.82, 2.24) is 15.2 Å². The molecule has 1 atom stereocenters. The van der Waals surface area contributed by atoms with Crippen molar-refractivity contribution in [1.29, 1.82) is 0 Å². The molecule has 0 spiro atoms. The van der Waals surface area contributed by atoms with E-state index in [9.17, 15) is 0 Å². The second-order valence-corrected chi connectivity index (χ2v) is 7.65.